The van der Waals surface area contributed by atoms with Crippen molar-refractivity contribution in [2.45, 2.75) is 26.2 Å². The molecule has 0 aliphatic heterocycles. The molecule has 25 heavy (non-hydrogen) atoms. The van der Waals surface area contributed by atoms with Crippen LogP contribution >= 0.6 is 0 Å². The molecule has 0 bridgehead atoms. The van der Waals surface area contributed by atoms with E-state index < -0.39 is 0 Å². The number of carbonyl (C=O) groups excluding carboxylic acids is 2. The van der Waals surface area contributed by atoms with Crippen LogP contribution in [0.1, 0.15) is 36.5 Å². The quantitative estimate of drug-likeness (QED) is 0.804. The number of nitrogens with zero attached hydrogens (tertiary/aromatic N) is 3. The number of hydrogen-bond acceptors (Lipinski definition) is 4. The van der Waals surface area contributed by atoms with Gasteiger partial charge in [-0.05, 0) is 36.8 Å². The Labute approximate surface area is 146 Å². The molecule has 0 atom stereocenters. The minimum absolute atomic E-state index is 0.0399. The Balaban J connectivity index is 1.82. The number of nitrogens with one attached hydrogen (secondary N) is 2. The van der Waals surface area contributed by atoms with Crippen LogP contribution in [0.5, 0.6) is 0 Å². The number of likely N-dealkylation sites (N-methyl/N-ethyl adjacent to an activating group) is 1. The summed E-state index contributed by atoms with van der Waals surface area (Å²) in [5.41, 5.74) is 1.97. The zero-order chi connectivity index (χ0) is 17.9. The second kappa shape index (κ2) is 7.04. The summed E-state index contributed by atoms with van der Waals surface area (Å²) < 4.78 is 0. The van der Waals surface area contributed by atoms with Crippen molar-refractivity contribution in [1.82, 2.24) is 25.4 Å². The first kappa shape index (κ1) is 17.1. The zero-order valence-electron chi connectivity index (χ0n) is 14.6. The second-order valence-corrected chi connectivity index (χ2v) is 6.83. The van der Waals surface area contributed by atoms with Gasteiger partial charge in [0.15, 0.2) is 0 Å². The maximum Gasteiger partial charge on any atom is 0.258 e. The topological polar surface area (TPSA) is 91.0 Å². The van der Waals surface area contributed by atoms with Crippen LogP contribution in [-0.4, -0.2) is 52.0 Å². The van der Waals surface area contributed by atoms with Gasteiger partial charge in [0.2, 0.25) is 5.91 Å². The number of H-pyrrole nitrogens is 1. The van der Waals surface area contributed by atoms with Gasteiger partial charge in [-0.3, -0.25) is 19.7 Å². The third kappa shape index (κ3) is 4.04. The predicted octanol–water partition coefficient (Wildman–Crippen LogP) is 1.85. The number of aromatic amines is 1. The fraction of sp³-hybridized carbons (Fsp3) is 0.444. The van der Waals surface area contributed by atoms with E-state index in [9.17, 15) is 9.59 Å². The van der Waals surface area contributed by atoms with E-state index in [4.69, 9.17) is 0 Å². The summed E-state index contributed by atoms with van der Waals surface area (Å²) >= 11 is 0. The first-order valence-electron chi connectivity index (χ1n) is 8.47. The molecule has 132 valence electrons. The molecule has 0 saturated heterocycles. The van der Waals surface area contributed by atoms with Crippen LogP contribution in [0, 0.1) is 5.41 Å². The fourth-order valence-corrected chi connectivity index (χ4v) is 2.70. The molecule has 2 amide bonds. The summed E-state index contributed by atoms with van der Waals surface area (Å²) in [5.74, 6) is -0.389. The third-order valence-electron chi connectivity index (χ3n) is 4.78. The molecule has 3 rings (SSSR count). The van der Waals surface area contributed by atoms with Gasteiger partial charge in [-0.25, -0.2) is 0 Å². The molecule has 1 aliphatic carbocycles. The van der Waals surface area contributed by atoms with Gasteiger partial charge in [0.25, 0.3) is 5.91 Å². The SMILES string of the molecule is CNC(=O)CN(CCC1(C)CC1)C(=O)c1cn[nH]c1-c1ccccn1. The highest BCUT2D eigenvalue weighted by atomic mass is 16.2. The predicted molar refractivity (Wildman–Crippen MR) is 93.7 cm³/mol. The molecule has 1 saturated carbocycles. The molecular formula is C18H23N5O2. The van der Waals surface area contributed by atoms with Gasteiger partial charge in [0.05, 0.1) is 29.7 Å². The highest BCUT2D eigenvalue weighted by Gasteiger charge is 2.37. The maximum atomic E-state index is 13.0. The van der Waals surface area contributed by atoms with E-state index in [1.807, 2.05) is 18.2 Å². The van der Waals surface area contributed by atoms with Crippen molar-refractivity contribution in [2.24, 2.45) is 5.41 Å². The summed E-state index contributed by atoms with van der Waals surface area (Å²) in [4.78, 5) is 30.8. The van der Waals surface area contributed by atoms with Crippen molar-refractivity contribution >= 4 is 11.8 Å². The number of carbonyl (C=O) groups is 2. The standard InChI is InChI=1S/C18H23N5O2/c1-18(6-7-18)8-10-23(12-15(24)19-2)17(25)13-11-21-22-16(13)14-5-3-4-9-20-14/h3-5,9,11H,6-8,10,12H2,1-2H3,(H,19,24)(H,21,22). The molecule has 0 radical (unpaired) electrons. The van der Waals surface area contributed by atoms with Crippen molar-refractivity contribution in [3.63, 3.8) is 0 Å². The maximum absolute atomic E-state index is 13.0. The number of rotatable bonds is 7. The highest BCUT2D eigenvalue weighted by molar-refractivity contribution is 6.00. The van der Waals surface area contributed by atoms with Gasteiger partial charge in [-0.2, -0.15) is 5.10 Å². The van der Waals surface area contributed by atoms with Gasteiger partial charge in [0, 0.05) is 19.8 Å². The minimum atomic E-state index is -0.206. The van der Waals surface area contributed by atoms with Gasteiger partial charge >= 0.3 is 0 Å². The summed E-state index contributed by atoms with van der Waals surface area (Å²) in [6.07, 6.45) is 6.43. The molecule has 0 unspecified atom stereocenters. The van der Waals surface area contributed by atoms with Crippen LogP contribution in [0.15, 0.2) is 30.6 Å². The molecule has 2 aromatic heterocycles. The second-order valence-electron chi connectivity index (χ2n) is 6.83. The molecule has 1 aliphatic rings. The fourth-order valence-electron chi connectivity index (χ4n) is 2.70. The van der Waals surface area contributed by atoms with E-state index in [2.05, 4.69) is 27.4 Å². The third-order valence-corrected chi connectivity index (χ3v) is 4.78. The van der Waals surface area contributed by atoms with Crippen LogP contribution in [-0.2, 0) is 4.79 Å². The van der Waals surface area contributed by atoms with E-state index in [0.29, 0.717) is 28.9 Å². The van der Waals surface area contributed by atoms with Crippen molar-refractivity contribution in [2.75, 3.05) is 20.1 Å². The van der Waals surface area contributed by atoms with E-state index in [0.717, 1.165) is 6.42 Å². The van der Waals surface area contributed by atoms with Crippen molar-refractivity contribution in [1.29, 1.82) is 0 Å². The van der Waals surface area contributed by atoms with Crippen LogP contribution in [0.2, 0.25) is 0 Å². The largest absolute Gasteiger partial charge is 0.358 e. The lowest BCUT2D eigenvalue weighted by molar-refractivity contribution is -0.121. The Morgan fingerprint density at radius 2 is 2.16 bits per heavy atom. The van der Waals surface area contributed by atoms with E-state index >= 15 is 0 Å². The Kier molecular flexibility index (Phi) is 4.83. The first-order valence-corrected chi connectivity index (χ1v) is 8.47. The average molecular weight is 341 g/mol. The minimum Gasteiger partial charge on any atom is -0.358 e. The summed E-state index contributed by atoms with van der Waals surface area (Å²) in [6.45, 7) is 2.81. The van der Waals surface area contributed by atoms with E-state index in [1.54, 1.807) is 18.1 Å². The van der Waals surface area contributed by atoms with Crippen LogP contribution < -0.4 is 5.32 Å². The Bertz CT molecular complexity index is 752. The summed E-state index contributed by atoms with van der Waals surface area (Å²) in [6, 6.07) is 5.49. The Morgan fingerprint density at radius 1 is 1.36 bits per heavy atom. The monoisotopic (exact) mass is 341 g/mol. The molecule has 7 heteroatoms. The Morgan fingerprint density at radius 3 is 2.80 bits per heavy atom. The molecule has 1 fully saturated rings. The number of pyridine rings is 1. The lowest BCUT2D eigenvalue weighted by Crippen LogP contribution is -2.40. The normalized spacial score (nSPS) is 14.8. The van der Waals surface area contributed by atoms with Crippen LogP contribution in [0.3, 0.4) is 0 Å². The van der Waals surface area contributed by atoms with E-state index in [1.165, 1.54) is 19.0 Å². The molecular weight excluding hydrogens is 318 g/mol. The molecule has 0 spiro atoms. The molecule has 2 aromatic rings. The van der Waals surface area contributed by atoms with Crippen molar-refractivity contribution < 1.29 is 9.59 Å². The van der Waals surface area contributed by atoms with Gasteiger partial charge in [-0.15, -0.1) is 0 Å². The number of amides is 2. The highest BCUT2D eigenvalue weighted by Crippen LogP contribution is 2.48. The smallest absolute Gasteiger partial charge is 0.258 e. The lowest BCUT2D eigenvalue weighted by Gasteiger charge is -2.23. The molecule has 0 aromatic carbocycles. The van der Waals surface area contributed by atoms with Crippen molar-refractivity contribution in [3.05, 3.63) is 36.2 Å². The van der Waals surface area contributed by atoms with Gasteiger partial charge < -0.3 is 10.2 Å². The molecule has 2 N–H and O–H groups in total. The zero-order valence-corrected chi connectivity index (χ0v) is 14.6. The first-order chi connectivity index (χ1) is 12.0. The lowest BCUT2D eigenvalue weighted by atomic mass is 10.0. The number of aromatic nitrogens is 3. The van der Waals surface area contributed by atoms with E-state index in [-0.39, 0.29) is 18.4 Å². The van der Waals surface area contributed by atoms with Crippen LogP contribution in [0.25, 0.3) is 11.4 Å². The van der Waals surface area contributed by atoms with Crippen molar-refractivity contribution in [3.8, 4) is 11.4 Å². The van der Waals surface area contributed by atoms with Crippen LogP contribution in [0.4, 0.5) is 0 Å². The number of hydrogen-bond donors (Lipinski definition) is 2. The summed E-state index contributed by atoms with van der Waals surface area (Å²) in [5, 5.41) is 9.44. The Hall–Kier alpha value is -2.70. The van der Waals surface area contributed by atoms with Gasteiger partial charge in [0.1, 0.15) is 0 Å². The molecule has 2 heterocycles. The molecule has 7 nitrogen and oxygen atoms in total. The average Bonchev–Trinajstić information content (AvgIpc) is 3.18. The van der Waals surface area contributed by atoms with Gasteiger partial charge in [-0.1, -0.05) is 13.0 Å². The summed E-state index contributed by atoms with van der Waals surface area (Å²) in [7, 11) is 1.57.